The zero-order chi connectivity index (χ0) is 15.8. The fourth-order valence-electron chi connectivity index (χ4n) is 2.27. The molecule has 0 aliphatic carbocycles. The summed E-state index contributed by atoms with van der Waals surface area (Å²) in [5.41, 5.74) is 0. The average Bonchev–Trinajstić information content (AvgIpc) is 2.88. The van der Waals surface area contributed by atoms with Gasteiger partial charge in [0.05, 0.1) is 9.79 Å². The van der Waals surface area contributed by atoms with Gasteiger partial charge in [0.25, 0.3) is 0 Å². The molecule has 1 saturated heterocycles. The Kier molecular flexibility index (Phi) is 4.09. The molecule has 0 aromatic heterocycles. The van der Waals surface area contributed by atoms with Crippen molar-refractivity contribution >= 4 is 25.8 Å². The molecule has 1 unspecified atom stereocenters. The molecule has 1 aromatic rings. The zero-order valence-electron chi connectivity index (χ0n) is 11.3. The molecule has 116 valence electrons. The van der Waals surface area contributed by atoms with E-state index in [-0.39, 0.29) is 22.8 Å². The summed E-state index contributed by atoms with van der Waals surface area (Å²) in [6, 6.07) is 3.71. The fraction of sp³-hybridized carbons (Fsp3) is 0.417. The van der Waals surface area contributed by atoms with Crippen molar-refractivity contribution in [1.82, 2.24) is 4.31 Å². The zero-order valence-corrected chi connectivity index (χ0v) is 12.9. The lowest BCUT2D eigenvalue weighted by Crippen LogP contribution is -2.40. The number of nitrogens with zero attached hydrogens (tertiary/aromatic N) is 1. The van der Waals surface area contributed by atoms with Gasteiger partial charge < -0.3 is 5.11 Å². The summed E-state index contributed by atoms with van der Waals surface area (Å²) in [5, 5.41) is 9.06. The van der Waals surface area contributed by atoms with Crippen molar-refractivity contribution < 1.29 is 26.7 Å². The third-order valence-corrected chi connectivity index (χ3v) is 6.40. The second-order valence-corrected chi connectivity index (χ2v) is 8.76. The second kappa shape index (κ2) is 5.39. The summed E-state index contributed by atoms with van der Waals surface area (Å²) in [6.07, 6.45) is 1.78. The summed E-state index contributed by atoms with van der Waals surface area (Å²) >= 11 is 0. The molecular weight excluding hydrogens is 318 g/mol. The summed E-state index contributed by atoms with van der Waals surface area (Å²) in [5.74, 6) is -1.18. The monoisotopic (exact) mass is 333 g/mol. The van der Waals surface area contributed by atoms with E-state index in [1.807, 2.05) is 0 Å². The van der Waals surface area contributed by atoms with E-state index >= 15 is 0 Å². The van der Waals surface area contributed by atoms with E-state index in [9.17, 15) is 21.6 Å². The number of sulfonamides is 1. The lowest BCUT2D eigenvalue weighted by molar-refractivity contribution is -0.140. The number of carboxylic acids is 1. The molecule has 0 amide bonds. The quantitative estimate of drug-likeness (QED) is 0.850. The summed E-state index contributed by atoms with van der Waals surface area (Å²) in [4.78, 5) is 11.0. The molecular formula is C12H15NO6S2. The molecule has 0 spiro atoms. The van der Waals surface area contributed by atoms with Crippen LogP contribution in [0.1, 0.15) is 12.8 Å². The van der Waals surface area contributed by atoms with E-state index < -0.39 is 31.9 Å². The smallest absolute Gasteiger partial charge is 0.322 e. The molecule has 1 aliphatic heterocycles. The van der Waals surface area contributed by atoms with Crippen LogP contribution in [0.15, 0.2) is 34.1 Å². The highest BCUT2D eigenvalue weighted by atomic mass is 32.2. The molecule has 0 bridgehead atoms. The number of hydrogen-bond donors (Lipinski definition) is 1. The maximum atomic E-state index is 12.4. The van der Waals surface area contributed by atoms with Crippen molar-refractivity contribution in [3.63, 3.8) is 0 Å². The molecule has 7 nitrogen and oxygen atoms in total. The van der Waals surface area contributed by atoms with E-state index in [0.29, 0.717) is 6.42 Å². The minimum Gasteiger partial charge on any atom is -0.480 e. The van der Waals surface area contributed by atoms with Crippen LogP contribution < -0.4 is 0 Å². The van der Waals surface area contributed by atoms with Gasteiger partial charge in [-0.15, -0.1) is 0 Å². The minimum atomic E-state index is -3.94. The molecule has 21 heavy (non-hydrogen) atoms. The number of aliphatic carboxylic acids is 1. The highest BCUT2D eigenvalue weighted by molar-refractivity contribution is 7.90. The highest BCUT2D eigenvalue weighted by Crippen LogP contribution is 2.26. The van der Waals surface area contributed by atoms with Crippen LogP contribution in [-0.4, -0.2) is 51.1 Å². The molecule has 1 atom stereocenters. The van der Waals surface area contributed by atoms with E-state index in [1.54, 1.807) is 0 Å². The number of carboxylic acid groups (broad SMARTS) is 1. The standard InChI is InChI=1S/C12H15NO6S2/c1-20(16,17)9-4-6-10(7-5-9)21(18,19)13-8-2-3-11(13)12(14)15/h4-7,11H,2-3,8H2,1H3,(H,14,15). The maximum Gasteiger partial charge on any atom is 0.322 e. The van der Waals surface area contributed by atoms with E-state index in [2.05, 4.69) is 0 Å². The van der Waals surface area contributed by atoms with Gasteiger partial charge in [0, 0.05) is 12.8 Å². The Bertz CT molecular complexity index is 751. The first-order chi connectivity index (χ1) is 9.64. The maximum absolute atomic E-state index is 12.4. The van der Waals surface area contributed by atoms with Gasteiger partial charge in [-0.3, -0.25) is 4.79 Å². The van der Waals surface area contributed by atoms with Crippen LogP contribution >= 0.6 is 0 Å². The Morgan fingerprint density at radius 1 is 1.14 bits per heavy atom. The Labute approximate surface area is 123 Å². The van der Waals surface area contributed by atoms with E-state index in [1.165, 1.54) is 24.3 Å². The third kappa shape index (κ3) is 3.09. The first-order valence-corrected chi connectivity index (χ1v) is 9.52. The van der Waals surface area contributed by atoms with Crippen molar-refractivity contribution in [3.05, 3.63) is 24.3 Å². The summed E-state index contributed by atoms with van der Waals surface area (Å²) in [6.45, 7) is 0.146. The van der Waals surface area contributed by atoms with Gasteiger partial charge in [-0.2, -0.15) is 4.31 Å². The van der Waals surface area contributed by atoms with Crippen LogP contribution in [-0.2, 0) is 24.7 Å². The third-order valence-electron chi connectivity index (χ3n) is 3.35. The number of benzene rings is 1. The Morgan fingerprint density at radius 3 is 2.14 bits per heavy atom. The van der Waals surface area contributed by atoms with Gasteiger partial charge in [-0.1, -0.05) is 0 Å². The van der Waals surface area contributed by atoms with Gasteiger partial charge in [0.1, 0.15) is 6.04 Å². The fourth-order valence-corrected chi connectivity index (χ4v) is 4.55. The van der Waals surface area contributed by atoms with Gasteiger partial charge in [0.2, 0.25) is 10.0 Å². The minimum absolute atomic E-state index is 0.0117. The van der Waals surface area contributed by atoms with Crippen LogP contribution in [0.3, 0.4) is 0 Å². The van der Waals surface area contributed by atoms with Crippen molar-refractivity contribution in [2.24, 2.45) is 0 Å². The lowest BCUT2D eigenvalue weighted by atomic mass is 10.2. The molecule has 1 aromatic carbocycles. The number of carbonyl (C=O) groups is 1. The number of sulfone groups is 1. The van der Waals surface area contributed by atoms with E-state index in [0.717, 1.165) is 10.6 Å². The summed E-state index contributed by atoms with van der Waals surface area (Å²) in [7, 11) is -7.35. The van der Waals surface area contributed by atoms with Crippen LogP contribution in [0.2, 0.25) is 0 Å². The lowest BCUT2D eigenvalue weighted by Gasteiger charge is -2.21. The Balaban J connectivity index is 2.38. The van der Waals surface area contributed by atoms with Crippen molar-refractivity contribution in [2.75, 3.05) is 12.8 Å². The second-order valence-electron chi connectivity index (χ2n) is 4.86. The first-order valence-electron chi connectivity index (χ1n) is 6.19. The van der Waals surface area contributed by atoms with Crippen LogP contribution in [0.4, 0.5) is 0 Å². The largest absolute Gasteiger partial charge is 0.480 e. The Hall–Kier alpha value is -1.45. The molecule has 0 saturated carbocycles. The molecule has 9 heteroatoms. The van der Waals surface area contributed by atoms with Gasteiger partial charge in [-0.05, 0) is 37.1 Å². The van der Waals surface area contributed by atoms with E-state index in [4.69, 9.17) is 5.11 Å². The van der Waals surface area contributed by atoms with Crippen molar-refractivity contribution in [3.8, 4) is 0 Å². The SMILES string of the molecule is CS(=O)(=O)c1ccc(S(=O)(=O)N2CCCC2C(=O)O)cc1. The van der Waals surface area contributed by atoms with Gasteiger partial charge >= 0.3 is 5.97 Å². The van der Waals surface area contributed by atoms with Crippen molar-refractivity contribution in [1.29, 1.82) is 0 Å². The van der Waals surface area contributed by atoms with Crippen LogP contribution in [0.25, 0.3) is 0 Å². The first kappa shape index (κ1) is 15.9. The number of rotatable bonds is 4. The molecule has 1 N–H and O–H groups in total. The molecule has 2 rings (SSSR count). The average molecular weight is 333 g/mol. The van der Waals surface area contributed by atoms with Crippen LogP contribution in [0.5, 0.6) is 0 Å². The molecule has 0 radical (unpaired) electrons. The summed E-state index contributed by atoms with van der Waals surface area (Å²) < 4.78 is 48.5. The Morgan fingerprint density at radius 2 is 1.67 bits per heavy atom. The van der Waals surface area contributed by atoms with Crippen LogP contribution in [0, 0.1) is 0 Å². The van der Waals surface area contributed by atoms with Gasteiger partial charge in [-0.25, -0.2) is 16.8 Å². The highest BCUT2D eigenvalue weighted by Gasteiger charge is 2.39. The number of hydrogen-bond acceptors (Lipinski definition) is 5. The molecule has 1 fully saturated rings. The van der Waals surface area contributed by atoms with Gasteiger partial charge in [0.15, 0.2) is 9.84 Å². The normalized spacial score (nSPS) is 20.5. The predicted octanol–water partition coefficient (Wildman–Crippen LogP) is 0.328. The molecule has 1 aliphatic rings. The molecule has 1 heterocycles. The topological polar surface area (TPSA) is 109 Å². The predicted molar refractivity (Wildman–Crippen MR) is 74.1 cm³/mol. The van der Waals surface area contributed by atoms with Crippen molar-refractivity contribution in [2.45, 2.75) is 28.7 Å².